The van der Waals surface area contributed by atoms with E-state index in [1.807, 2.05) is 36.4 Å². The van der Waals surface area contributed by atoms with Crippen LogP contribution in [0.5, 0.6) is 0 Å². The predicted octanol–water partition coefficient (Wildman–Crippen LogP) is 3.71. The van der Waals surface area contributed by atoms with Crippen molar-refractivity contribution in [3.05, 3.63) is 58.6 Å². The third-order valence-electron chi connectivity index (χ3n) is 2.58. The van der Waals surface area contributed by atoms with Crippen LogP contribution in [0.15, 0.2) is 47.4 Å². The van der Waals surface area contributed by atoms with E-state index in [1.54, 1.807) is 17.8 Å². The molecule has 0 atom stereocenters. The molecule has 0 aliphatic heterocycles. The van der Waals surface area contributed by atoms with Crippen LogP contribution < -0.4 is 5.73 Å². The van der Waals surface area contributed by atoms with E-state index in [9.17, 15) is 0 Å². The minimum Gasteiger partial charge on any atom is -0.398 e. The number of thioether (sulfide) groups is 1. The van der Waals surface area contributed by atoms with Gasteiger partial charge in [0.1, 0.15) is 0 Å². The molecule has 0 spiro atoms. The number of aliphatic hydroxyl groups excluding tert-OH is 1. The molecule has 3 N–H and O–H groups in total. The highest BCUT2D eigenvalue weighted by Gasteiger charge is 2.02. The Labute approximate surface area is 116 Å². The van der Waals surface area contributed by atoms with E-state index in [-0.39, 0.29) is 6.61 Å². The Morgan fingerprint density at radius 2 is 1.72 bits per heavy atom. The molecule has 0 aliphatic carbocycles. The van der Waals surface area contributed by atoms with Gasteiger partial charge in [-0.2, -0.15) is 0 Å². The Morgan fingerprint density at radius 3 is 2.39 bits per heavy atom. The van der Waals surface area contributed by atoms with Crippen molar-refractivity contribution >= 4 is 29.1 Å². The molecule has 0 bridgehead atoms. The van der Waals surface area contributed by atoms with Gasteiger partial charge >= 0.3 is 0 Å². The summed E-state index contributed by atoms with van der Waals surface area (Å²) in [5.41, 5.74) is 8.75. The highest BCUT2D eigenvalue weighted by atomic mass is 35.5. The standard InChI is InChI=1S/C14H14ClNOS/c15-12-5-6-13(16)14(7-12)18-9-11-3-1-10(8-17)2-4-11/h1-7,17H,8-9,16H2. The Bertz CT molecular complexity index is 528. The average molecular weight is 280 g/mol. The maximum Gasteiger partial charge on any atom is 0.0681 e. The lowest BCUT2D eigenvalue weighted by atomic mass is 10.2. The Balaban J connectivity index is 2.04. The molecule has 18 heavy (non-hydrogen) atoms. The van der Waals surface area contributed by atoms with Crippen molar-refractivity contribution in [2.24, 2.45) is 0 Å². The number of aliphatic hydroxyl groups is 1. The summed E-state index contributed by atoms with van der Waals surface area (Å²) in [5.74, 6) is 0.830. The molecule has 2 nitrogen and oxygen atoms in total. The number of nitrogen functional groups attached to an aromatic ring is 1. The van der Waals surface area contributed by atoms with Crippen LogP contribution >= 0.6 is 23.4 Å². The van der Waals surface area contributed by atoms with Crippen molar-refractivity contribution in [3.63, 3.8) is 0 Å². The van der Waals surface area contributed by atoms with Crippen LogP contribution in [0.25, 0.3) is 0 Å². The monoisotopic (exact) mass is 279 g/mol. The molecule has 2 aromatic carbocycles. The smallest absolute Gasteiger partial charge is 0.0681 e. The van der Waals surface area contributed by atoms with Gasteiger partial charge in [-0.3, -0.25) is 0 Å². The topological polar surface area (TPSA) is 46.2 Å². The van der Waals surface area contributed by atoms with E-state index in [1.165, 1.54) is 5.56 Å². The van der Waals surface area contributed by atoms with Crippen molar-refractivity contribution in [2.45, 2.75) is 17.3 Å². The zero-order valence-corrected chi connectivity index (χ0v) is 11.3. The number of rotatable bonds is 4. The minimum absolute atomic E-state index is 0.0780. The lowest BCUT2D eigenvalue weighted by Gasteiger charge is -2.06. The second kappa shape index (κ2) is 6.14. The minimum atomic E-state index is 0.0780. The fraction of sp³-hybridized carbons (Fsp3) is 0.143. The second-order valence-corrected chi connectivity index (χ2v) is 5.40. The van der Waals surface area contributed by atoms with Crippen molar-refractivity contribution in [1.82, 2.24) is 0 Å². The predicted molar refractivity (Wildman–Crippen MR) is 77.8 cm³/mol. The lowest BCUT2D eigenvalue weighted by Crippen LogP contribution is -1.89. The van der Waals surface area contributed by atoms with Crippen LogP contribution in [-0.4, -0.2) is 5.11 Å². The number of nitrogens with two attached hydrogens (primary N) is 1. The SMILES string of the molecule is Nc1ccc(Cl)cc1SCc1ccc(CO)cc1. The van der Waals surface area contributed by atoms with Gasteiger partial charge < -0.3 is 10.8 Å². The van der Waals surface area contributed by atoms with Crippen LogP contribution in [0.2, 0.25) is 5.02 Å². The highest BCUT2D eigenvalue weighted by Crippen LogP contribution is 2.30. The van der Waals surface area contributed by atoms with Crippen LogP contribution in [0.1, 0.15) is 11.1 Å². The normalized spacial score (nSPS) is 10.6. The molecule has 0 saturated heterocycles. The third kappa shape index (κ3) is 3.42. The molecule has 2 rings (SSSR count). The molecule has 0 aliphatic rings. The van der Waals surface area contributed by atoms with E-state index in [0.29, 0.717) is 5.02 Å². The summed E-state index contributed by atoms with van der Waals surface area (Å²) in [4.78, 5) is 0.994. The fourth-order valence-corrected chi connectivity index (χ4v) is 2.73. The van der Waals surface area contributed by atoms with Gasteiger partial charge in [0.2, 0.25) is 0 Å². The summed E-state index contributed by atoms with van der Waals surface area (Å²) < 4.78 is 0. The van der Waals surface area contributed by atoms with Crippen molar-refractivity contribution in [3.8, 4) is 0 Å². The molecule has 0 saturated carbocycles. The van der Waals surface area contributed by atoms with E-state index in [0.717, 1.165) is 21.9 Å². The maximum atomic E-state index is 8.97. The Hall–Kier alpha value is -1.16. The number of benzene rings is 2. The summed E-state index contributed by atoms with van der Waals surface area (Å²) in [7, 11) is 0. The summed E-state index contributed by atoms with van der Waals surface area (Å²) >= 11 is 7.60. The van der Waals surface area contributed by atoms with Gasteiger partial charge in [-0.05, 0) is 29.3 Å². The average Bonchev–Trinajstić information content (AvgIpc) is 2.40. The molecule has 94 valence electrons. The second-order valence-electron chi connectivity index (χ2n) is 3.95. The van der Waals surface area contributed by atoms with Gasteiger partial charge in [0.05, 0.1) is 6.61 Å². The number of hydrogen-bond acceptors (Lipinski definition) is 3. The largest absolute Gasteiger partial charge is 0.398 e. The van der Waals surface area contributed by atoms with E-state index in [4.69, 9.17) is 22.4 Å². The van der Waals surface area contributed by atoms with Gasteiger partial charge in [-0.25, -0.2) is 0 Å². The molecule has 0 heterocycles. The first kappa shape index (κ1) is 13.3. The molecule has 0 amide bonds. The molecular formula is C14H14ClNOS. The van der Waals surface area contributed by atoms with E-state index in [2.05, 4.69) is 0 Å². The lowest BCUT2D eigenvalue weighted by molar-refractivity contribution is 0.282. The molecule has 0 radical (unpaired) electrons. The number of anilines is 1. The first-order valence-corrected chi connectivity index (χ1v) is 6.92. The Kier molecular flexibility index (Phi) is 4.53. The fourth-order valence-electron chi connectivity index (χ4n) is 1.54. The molecular weight excluding hydrogens is 266 g/mol. The maximum absolute atomic E-state index is 8.97. The quantitative estimate of drug-likeness (QED) is 0.662. The molecule has 4 heteroatoms. The summed E-state index contributed by atoms with van der Waals surface area (Å²) in [6, 6.07) is 13.4. The molecule has 2 aromatic rings. The Morgan fingerprint density at radius 1 is 1.06 bits per heavy atom. The number of halogens is 1. The number of hydrogen-bond donors (Lipinski definition) is 2. The van der Waals surface area contributed by atoms with Gasteiger partial charge in [0, 0.05) is 21.4 Å². The van der Waals surface area contributed by atoms with E-state index >= 15 is 0 Å². The highest BCUT2D eigenvalue weighted by molar-refractivity contribution is 7.98. The summed E-state index contributed by atoms with van der Waals surface area (Å²) in [6.07, 6.45) is 0. The zero-order chi connectivity index (χ0) is 13.0. The first-order chi connectivity index (χ1) is 8.69. The molecule has 0 aromatic heterocycles. The van der Waals surface area contributed by atoms with Crippen LogP contribution in [0.3, 0.4) is 0 Å². The van der Waals surface area contributed by atoms with Crippen LogP contribution in [-0.2, 0) is 12.4 Å². The van der Waals surface area contributed by atoms with Crippen LogP contribution in [0.4, 0.5) is 5.69 Å². The summed E-state index contributed by atoms with van der Waals surface area (Å²) in [5, 5.41) is 9.66. The zero-order valence-electron chi connectivity index (χ0n) is 9.77. The van der Waals surface area contributed by atoms with Crippen molar-refractivity contribution in [1.29, 1.82) is 0 Å². The van der Waals surface area contributed by atoms with E-state index < -0.39 is 0 Å². The molecule has 0 unspecified atom stereocenters. The van der Waals surface area contributed by atoms with Gasteiger partial charge in [0.15, 0.2) is 0 Å². The van der Waals surface area contributed by atoms with Gasteiger partial charge in [-0.1, -0.05) is 35.9 Å². The first-order valence-electron chi connectivity index (χ1n) is 5.55. The summed E-state index contributed by atoms with van der Waals surface area (Å²) in [6.45, 7) is 0.0780. The third-order valence-corrected chi connectivity index (χ3v) is 3.95. The van der Waals surface area contributed by atoms with Gasteiger partial charge in [0.25, 0.3) is 0 Å². The molecule has 0 fully saturated rings. The van der Waals surface area contributed by atoms with Crippen molar-refractivity contribution < 1.29 is 5.11 Å². The van der Waals surface area contributed by atoms with Crippen LogP contribution in [0, 0.1) is 0 Å². The van der Waals surface area contributed by atoms with Gasteiger partial charge in [-0.15, -0.1) is 11.8 Å². The van der Waals surface area contributed by atoms with Crippen molar-refractivity contribution in [2.75, 3.05) is 5.73 Å².